The van der Waals surface area contributed by atoms with Crippen LogP contribution in [0.2, 0.25) is 0 Å². The van der Waals surface area contributed by atoms with Gasteiger partial charge in [0.25, 0.3) is 5.69 Å². The van der Waals surface area contributed by atoms with Crippen LogP contribution in [-0.2, 0) is 19.6 Å². The molecule has 3 heterocycles. The van der Waals surface area contributed by atoms with Crippen molar-refractivity contribution in [2.45, 2.75) is 17.9 Å². The molecular weight excluding hydrogens is 464 g/mol. The molecule has 1 N–H and O–H groups in total. The summed E-state index contributed by atoms with van der Waals surface area (Å²) >= 11 is 0. The number of hydrogen-bond acceptors (Lipinski definition) is 9. The molecule has 2 saturated heterocycles. The van der Waals surface area contributed by atoms with E-state index in [0.29, 0.717) is 32.9 Å². The number of carbonyl (C=O) groups is 1. The minimum Gasteiger partial charge on any atom is -0.354 e. The Balaban J connectivity index is 1.32. The summed E-state index contributed by atoms with van der Waals surface area (Å²) in [6, 6.07) is 8.78. The lowest BCUT2D eigenvalue weighted by Crippen LogP contribution is -2.48. The number of rotatable bonds is 7. The summed E-state index contributed by atoms with van der Waals surface area (Å²) in [7, 11) is -3.73. The van der Waals surface area contributed by atoms with Crippen LogP contribution in [0.15, 0.2) is 47.5 Å². The number of aromatic nitrogens is 1. The van der Waals surface area contributed by atoms with E-state index < -0.39 is 14.9 Å². The number of sulfonamides is 1. The number of ether oxygens (including phenoxy) is 1. The second-order valence-electron chi connectivity index (χ2n) is 8.09. The van der Waals surface area contributed by atoms with E-state index in [9.17, 15) is 23.3 Å². The van der Waals surface area contributed by atoms with Crippen molar-refractivity contribution in [1.29, 1.82) is 0 Å². The minimum absolute atomic E-state index is 0.0404. The van der Waals surface area contributed by atoms with Crippen LogP contribution < -0.4 is 15.1 Å². The zero-order chi connectivity index (χ0) is 24.3. The molecule has 2 aliphatic rings. The molecule has 1 atom stereocenters. The minimum atomic E-state index is -3.73. The zero-order valence-corrected chi connectivity index (χ0v) is 19.5. The van der Waals surface area contributed by atoms with Crippen molar-refractivity contribution in [3.05, 3.63) is 52.7 Å². The highest BCUT2D eigenvalue weighted by atomic mass is 32.2. The monoisotopic (exact) mass is 490 g/mol. The van der Waals surface area contributed by atoms with E-state index >= 15 is 0 Å². The van der Waals surface area contributed by atoms with Crippen LogP contribution in [-0.4, -0.2) is 80.6 Å². The Bertz CT molecular complexity index is 1130. The number of piperazine rings is 1. The quantitative estimate of drug-likeness (QED) is 0.441. The lowest BCUT2D eigenvalue weighted by atomic mass is 10.3. The summed E-state index contributed by atoms with van der Waals surface area (Å²) < 4.78 is 32.9. The van der Waals surface area contributed by atoms with Gasteiger partial charge in [0.15, 0.2) is 0 Å². The summed E-state index contributed by atoms with van der Waals surface area (Å²) in [5, 5.41) is 13.6. The van der Waals surface area contributed by atoms with Crippen LogP contribution >= 0.6 is 0 Å². The van der Waals surface area contributed by atoms with Gasteiger partial charge in [-0.3, -0.25) is 14.9 Å². The Morgan fingerprint density at radius 2 is 1.85 bits per heavy atom. The van der Waals surface area contributed by atoms with E-state index in [1.54, 1.807) is 6.20 Å². The van der Waals surface area contributed by atoms with E-state index in [0.717, 1.165) is 11.5 Å². The SMILES string of the molecule is CC(=O)NCC1CN(c2ccc(N3CCN(S(=O)(=O)c4ccc([N+](=O)[O-])cc4)CC3)nc2)CO1. The number of hydrogen-bond donors (Lipinski definition) is 1. The molecule has 0 saturated carbocycles. The Labute approximate surface area is 197 Å². The Hall–Kier alpha value is -3.29. The number of nitro groups is 1. The Morgan fingerprint density at radius 1 is 1.15 bits per heavy atom. The summed E-state index contributed by atoms with van der Waals surface area (Å²) in [4.78, 5) is 30.0. The zero-order valence-electron chi connectivity index (χ0n) is 18.7. The van der Waals surface area contributed by atoms with Gasteiger partial charge in [-0.1, -0.05) is 0 Å². The molecule has 1 unspecified atom stereocenters. The first-order valence-electron chi connectivity index (χ1n) is 10.8. The number of nitrogens with one attached hydrogen (secondary N) is 1. The summed E-state index contributed by atoms with van der Waals surface area (Å²) in [6.45, 7) is 4.53. The first-order valence-corrected chi connectivity index (χ1v) is 12.2. The summed E-state index contributed by atoms with van der Waals surface area (Å²) in [5.41, 5.74) is 0.760. The largest absolute Gasteiger partial charge is 0.354 e. The van der Waals surface area contributed by atoms with Gasteiger partial charge in [-0.15, -0.1) is 0 Å². The normalized spacial score (nSPS) is 19.3. The number of carbonyl (C=O) groups excluding carboxylic acids is 1. The molecule has 2 fully saturated rings. The molecule has 13 heteroatoms. The van der Waals surface area contributed by atoms with Gasteiger partial charge < -0.3 is 19.9 Å². The third-order valence-electron chi connectivity index (χ3n) is 5.81. The number of non-ortho nitro benzene ring substituents is 1. The first-order chi connectivity index (χ1) is 16.2. The molecule has 12 nitrogen and oxygen atoms in total. The second-order valence-corrected chi connectivity index (χ2v) is 10.0. The fraction of sp³-hybridized carbons (Fsp3) is 0.429. The van der Waals surface area contributed by atoms with E-state index in [1.165, 1.54) is 35.5 Å². The number of amides is 1. The summed E-state index contributed by atoms with van der Waals surface area (Å²) in [6.07, 6.45) is 1.69. The maximum absolute atomic E-state index is 12.9. The van der Waals surface area contributed by atoms with Crippen molar-refractivity contribution >= 4 is 33.1 Å². The smallest absolute Gasteiger partial charge is 0.269 e. The van der Waals surface area contributed by atoms with Crippen molar-refractivity contribution in [1.82, 2.24) is 14.6 Å². The predicted octanol–water partition coefficient (Wildman–Crippen LogP) is 0.800. The second kappa shape index (κ2) is 9.91. The topological polar surface area (TPSA) is 138 Å². The molecule has 4 rings (SSSR count). The fourth-order valence-electron chi connectivity index (χ4n) is 3.91. The average molecular weight is 491 g/mol. The van der Waals surface area contributed by atoms with Crippen LogP contribution in [0.25, 0.3) is 0 Å². The van der Waals surface area contributed by atoms with Crippen LogP contribution in [0.4, 0.5) is 17.2 Å². The van der Waals surface area contributed by atoms with Crippen LogP contribution in [0.5, 0.6) is 0 Å². The van der Waals surface area contributed by atoms with Crippen molar-refractivity contribution in [2.75, 3.05) is 55.8 Å². The van der Waals surface area contributed by atoms with Gasteiger partial charge >= 0.3 is 0 Å². The van der Waals surface area contributed by atoms with Gasteiger partial charge in [0.05, 0.1) is 27.8 Å². The maximum atomic E-state index is 12.9. The van der Waals surface area contributed by atoms with E-state index in [1.807, 2.05) is 21.9 Å². The Kier molecular flexibility index (Phi) is 6.95. The highest BCUT2D eigenvalue weighted by Gasteiger charge is 2.29. The van der Waals surface area contributed by atoms with Gasteiger partial charge in [-0.25, -0.2) is 13.4 Å². The number of nitrogens with zero attached hydrogens (tertiary/aromatic N) is 5. The van der Waals surface area contributed by atoms with E-state index in [4.69, 9.17) is 4.74 Å². The van der Waals surface area contributed by atoms with Crippen molar-refractivity contribution in [2.24, 2.45) is 0 Å². The summed E-state index contributed by atoms with van der Waals surface area (Å²) in [5.74, 6) is 0.666. The molecule has 0 spiro atoms. The molecule has 2 aliphatic heterocycles. The average Bonchev–Trinajstić information content (AvgIpc) is 3.32. The van der Waals surface area contributed by atoms with Crippen molar-refractivity contribution < 1.29 is 22.9 Å². The molecule has 0 radical (unpaired) electrons. The first kappa shape index (κ1) is 23.9. The molecule has 2 aromatic rings. The highest BCUT2D eigenvalue weighted by Crippen LogP contribution is 2.24. The number of nitro benzene ring substituents is 1. The molecule has 0 bridgehead atoms. The van der Waals surface area contributed by atoms with Gasteiger partial charge in [-0.05, 0) is 24.3 Å². The predicted molar refractivity (Wildman–Crippen MR) is 124 cm³/mol. The van der Waals surface area contributed by atoms with Crippen LogP contribution in [0.3, 0.4) is 0 Å². The van der Waals surface area contributed by atoms with Gasteiger partial charge in [0.2, 0.25) is 15.9 Å². The molecule has 1 aromatic heterocycles. The van der Waals surface area contributed by atoms with Crippen molar-refractivity contribution in [3.63, 3.8) is 0 Å². The molecular formula is C21H26N6O6S. The lowest BCUT2D eigenvalue weighted by molar-refractivity contribution is -0.384. The van der Waals surface area contributed by atoms with Crippen LogP contribution in [0, 0.1) is 10.1 Å². The standard InChI is InChI=1S/C21H26N6O6S/c1-16(28)22-13-19-14-25(15-33-19)18-4-7-21(23-12-18)24-8-10-26(11-9-24)34(31,32)20-5-2-17(3-6-20)27(29)30/h2-7,12,19H,8-11,13-15H2,1H3,(H,22,28). The van der Waals surface area contributed by atoms with Crippen LogP contribution in [0.1, 0.15) is 6.92 Å². The maximum Gasteiger partial charge on any atom is 0.269 e. The molecule has 34 heavy (non-hydrogen) atoms. The number of anilines is 2. The van der Waals surface area contributed by atoms with Gasteiger partial charge in [0, 0.05) is 58.3 Å². The number of pyridine rings is 1. The molecule has 0 aliphatic carbocycles. The third kappa shape index (κ3) is 5.26. The number of benzene rings is 1. The van der Waals surface area contributed by atoms with Gasteiger partial charge in [-0.2, -0.15) is 4.31 Å². The molecule has 1 aromatic carbocycles. The lowest BCUT2D eigenvalue weighted by Gasteiger charge is -2.34. The van der Waals surface area contributed by atoms with Crippen molar-refractivity contribution in [3.8, 4) is 0 Å². The third-order valence-corrected chi connectivity index (χ3v) is 7.73. The fourth-order valence-corrected chi connectivity index (χ4v) is 5.33. The Morgan fingerprint density at radius 3 is 2.44 bits per heavy atom. The highest BCUT2D eigenvalue weighted by molar-refractivity contribution is 7.89. The molecule has 1 amide bonds. The van der Waals surface area contributed by atoms with E-state index in [2.05, 4.69) is 10.3 Å². The van der Waals surface area contributed by atoms with E-state index in [-0.39, 0.29) is 35.7 Å². The molecule has 182 valence electrons. The van der Waals surface area contributed by atoms with Gasteiger partial charge in [0.1, 0.15) is 12.5 Å².